The topological polar surface area (TPSA) is 354 Å². The molecule has 0 radical (unpaired) electrons. The van der Waals surface area contributed by atoms with Crippen LogP contribution >= 0.6 is 0 Å². The van der Waals surface area contributed by atoms with Crippen LogP contribution in [-0.2, 0) is 42.7 Å². The summed E-state index contributed by atoms with van der Waals surface area (Å²) < 4.78 is 47.3. The van der Waals surface area contributed by atoms with Crippen molar-refractivity contribution in [2.75, 3.05) is 33.0 Å². The maximum Gasteiger partial charge on any atom is 0.315 e. The molecule has 26 atom stereocenters. The summed E-state index contributed by atoms with van der Waals surface area (Å²) in [4.78, 5) is 15.1. The molecule has 4 heterocycles. The lowest BCUT2D eigenvalue weighted by atomic mass is 9.33. The van der Waals surface area contributed by atoms with Gasteiger partial charge in [0, 0.05) is 5.41 Å². The Morgan fingerprint density at radius 1 is 0.622 bits per heavy atom. The van der Waals surface area contributed by atoms with Gasteiger partial charge in [0.05, 0.1) is 44.6 Å². The number of carbonyl (C=O) groups excluding carboxylic acids is 1. The van der Waals surface area contributed by atoms with E-state index in [0.29, 0.717) is 44.9 Å². The number of hydrogen-bond acceptors (Lipinski definition) is 22. The standard InChI is InChI=1S/C52H84O22/c1-47(2)13-14-51(46(66)74-44-40(65)37(62)35(60)28(71-44)21-69-42-39(64)36(61)34(59)27(18-53)70-42)15-16-52(22-54)23(24(51)17-47)7-8-30-49(5)11-10-31(48(3,4)29(49)9-12-50(30,52)6)72-45-41(33(58)26(56)20-68-45)73-43-38(63)32(57)25(55)19-67-43/h7,24-45,53-65H,8-22H2,1-6H3/t24-,25+,26-,27+,28+,29-,30+,31-,32-,33-,34+,35+,36-,37-,38+,39+,40+,41+,42+,43-,44-,45-,49-,50+,51-,52-/m0/s1. The van der Waals surface area contributed by atoms with Crippen molar-refractivity contribution in [2.24, 2.45) is 50.2 Å². The highest BCUT2D eigenvalue weighted by atomic mass is 16.8. The van der Waals surface area contributed by atoms with Gasteiger partial charge in [-0.3, -0.25) is 4.79 Å². The van der Waals surface area contributed by atoms with E-state index in [2.05, 4.69) is 47.6 Å². The maximum atomic E-state index is 15.1. The Morgan fingerprint density at radius 2 is 1.23 bits per heavy atom. The van der Waals surface area contributed by atoms with E-state index < -0.39 is 158 Å². The molecule has 9 aliphatic rings. The molecule has 424 valence electrons. The minimum Gasteiger partial charge on any atom is -0.432 e. The molecule has 4 aliphatic heterocycles. The van der Waals surface area contributed by atoms with Crippen molar-refractivity contribution in [1.82, 2.24) is 0 Å². The van der Waals surface area contributed by atoms with Gasteiger partial charge < -0.3 is 104 Å². The molecule has 0 aromatic rings. The lowest BCUT2D eigenvalue weighted by molar-refractivity contribution is -0.357. The van der Waals surface area contributed by atoms with Gasteiger partial charge in [-0.25, -0.2) is 0 Å². The van der Waals surface area contributed by atoms with E-state index >= 15 is 4.79 Å². The molecular formula is C52H84O22. The van der Waals surface area contributed by atoms with E-state index in [1.54, 1.807) is 0 Å². The maximum absolute atomic E-state index is 15.1. The molecule has 8 fully saturated rings. The number of hydrogen-bond donors (Lipinski definition) is 13. The Balaban J connectivity index is 0.934. The predicted octanol–water partition coefficient (Wildman–Crippen LogP) is -1.78. The molecule has 9 rings (SSSR count). The van der Waals surface area contributed by atoms with Gasteiger partial charge in [-0.2, -0.15) is 0 Å². The van der Waals surface area contributed by atoms with Crippen molar-refractivity contribution in [1.29, 1.82) is 0 Å². The third-order valence-corrected chi connectivity index (χ3v) is 20.6. The van der Waals surface area contributed by atoms with Crippen molar-refractivity contribution in [2.45, 2.75) is 222 Å². The predicted molar refractivity (Wildman–Crippen MR) is 252 cm³/mol. The number of aliphatic hydroxyl groups excluding tert-OH is 13. The van der Waals surface area contributed by atoms with Crippen LogP contribution in [0.25, 0.3) is 0 Å². The summed E-state index contributed by atoms with van der Waals surface area (Å²) in [5, 5.41) is 139. The Morgan fingerprint density at radius 3 is 1.91 bits per heavy atom. The Kier molecular flexibility index (Phi) is 16.1. The van der Waals surface area contributed by atoms with E-state index in [0.717, 1.165) is 24.8 Å². The minimum absolute atomic E-state index is 0.104. The fourth-order valence-corrected chi connectivity index (χ4v) is 16.0. The number of ether oxygens (including phenoxy) is 8. The average Bonchev–Trinajstić information content (AvgIpc) is 3.35. The quantitative estimate of drug-likeness (QED) is 0.0618. The number of aliphatic hydroxyl groups is 13. The smallest absolute Gasteiger partial charge is 0.315 e. The third kappa shape index (κ3) is 9.26. The zero-order valence-electron chi connectivity index (χ0n) is 43.4. The molecule has 0 spiro atoms. The lowest BCUT2D eigenvalue weighted by Gasteiger charge is -2.71. The summed E-state index contributed by atoms with van der Waals surface area (Å²) in [6.45, 7) is 11.4. The minimum atomic E-state index is -1.86. The lowest BCUT2D eigenvalue weighted by Crippen LogP contribution is -2.67. The van der Waals surface area contributed by atoms with E-state index in [4.69, 9.17) is 37.9 Å². The first-order chi connectivity index (χ1) is 34.7. The van der Waals surface area contributed by atoms with Crippen molar-refractivity contribution in [3.05, 3.63) is 11.6 Å². The van der Waals surface area contributed by atoms with Gasteiger partial charge >= 0.3 is 5.97 Å². The first-order valence-corrected chi connectivity index (χ1v) is 26.8. The number of fused-ring (bicyclic) bond motifs is 7. The van der Waals surface area contributed by atoms with E-state index in [1.165, 1.54) is 0 Å². The molecule has 74 heavy (non-hydrogen) atoms. The van der Waals surface area contributed by atoms with Crippen molar-refractivity contribution >= 4 is 5.97 Å². The second kappa shape index (κ2) is 20.8. The van der Waals surface area contributed by atoms with Crippen molar-refractivity contribution in [3.8, 4) is 0 Å². The van der Waals surface area contributed by atoms with Crippen molar-refractivity contribution in [3.63, 3.8) is 0 Å². The zero-order chi connectivity index (χ0) is 53.8. The summed E-state index contributed by atoms with van der Waals surface area (Å²) in [5.74, 6) is -0.777. The highest BCUT2D eigenvalue weighted by molar-refractivity contribution is 5.79. The highest BCUT2D eigenvalue weighted by Gasteiger charge is 2.71. The van der Waals surface area contributed by atoms with Gasteiger partial charge in [0.2, 0.25) is 6.29 Å². The van der Waals surface area contributed by atoms with Crippen LogP contribution in [0.2, 0.25) is 0 Å². The Labute approximate surface area is 431 Å². The fourth-order valence-electron chi connectivity index (χ4n) is 16.0. The molecule has 0 unspecified atom stereocenters. The zero-order valence-corrected chi connectivity index (χ0v) is 43.4. The number of esters is 1. The number of carbonyl (C=O) groups is 1. The normalized spacial score (nSPS) is 53.1. The van der Waals surface area contributed by atoms with E-state index in [1.807, 2.05) is 0 Å². The van der Waals surface area contributed by atoms with E-state index in [9.17, 15) is 66.4 Å². The largest absolute Gasteiger partial charge is 0.432 e. The molecule has 0 aromatic heterocycles. The second-order valence-electron chi connectivity index (χ2n) is 25.3. The van der Waals surface area contributed by atoms with Crippen LogP contribution in [0.5, 0.6) is 0 Å². The van der Waals surface area contributed by atoms with Gasteiger partial charge in [-0.05, 0) is 104 Å². The van der Waals surface area contributed by atoms with Crippen LogP contribution < -0.4 is 0 Å². The summed E-state index contributed by atoms with van der Waals surface area (Å²) >= 11 is 0. The van der Waals surface area contributed by atoms with E-state index in [-0.39, 0.29) is 48.4 Å². The average molecular weight is 1060 g/mol. The molecule has 0 amide bonds. The van der Waals surface area contributed by atoms with Gasteiger partial charge in [0.1, 0.15) is 85.5 Å². The molecule has 0 bridgehead atoms. The highest BCUT2D eigenvalue weighted by Crippen LogP contribution is 2.76. The van der Waals surface area contributed by atoms with Gasteiger partial charge in [-0.1, -0.05) is 53.2 Å². The van der Waals surface area contributed by atoms with Gasteiger partial charge in [-0.15, -0.1) is 0 Å². The van der Waals surface area contributed by atoms with Crippen LogP contribution in [0.3, 0.4) is 0 Å². The molecule has 22 nitrogen and oxygen atoms in total. The monoisotopic (exact) mass is 1060 g/mol. The molecule has 4 saturated carbocycles. The fraction of sp³-hybridized carbons (Fsp3) is 0.942. The summed E-state index contributed by atoms with van der Waals surface area (Å²) in [7, 11) is 0. The Hall–Kier alpha value is -1.59. The van der Waals surface area contributed by atoms with Crippen LogP contribution in [-0.4, -0.2) is 222 Å². The van der Waals surface area contributed by atoms with Gasteiger partial charge in [0.15, 0.2) is 18.9 Å². The second-order valence-corrected chi connectivity index (χ2v) is 25.3. The first-order valence-electron chi connectivity index (χ1n) is 26.8. The van der Waals surface area contributed by atoms with Crippen LogP contribution in [0.1, 0.15) is 106 Å². The first kappa shape index (κ1) is 57.1. The summed E-state index contributed by atoms with van der Waals surface area (Å²) in [6.07, 6.45) is -19.9. The van der Waals surface area contributed by atoms with Crippen LogP contribution in [0.4, 0.5) is 0 Å². The SMILES string of the molecule is CC1(C)CC[C@]2(C(=O)O[C@@H]3O[C@H](CO[C@@H]4O[C@H](CO)[C@@H](O)[C@H](O)[C@H]4O)[C@@H](O)[C@H](O)[C@H]3O)CC[C@]3(CO)C(=CC[C@@H]4[C@@]5(C)CC[C@H](O[C@@H]6OC[C@H](O)[C@H](O)[C@H]6O[C@@H]6OC[C@@H](O)[C@H](O)[C@H]6O)C(C)(C)[C@@H]5CC[C@]43C)[C@@H]2C1. The molecule has 0 aromatic carbocycles. The summed E-state index contributed by atoms with van der Waals surface area (Å²) in [5.41, 5.74) is -2.10. The van der Waals surface area contributed by atoms with Crippen LogP contribution in [0.15, 0.2) is 11.6 Å². The van der Waals surface area contributed by atoms with Gasteiger partial charge in [0.25, 0.3) is 0 Å². The molecule has 22 heteroatoms. The summed E-state index contributed by atoms with van der Waals surface area (Å²) in [6, 6.07) is 0. The molecular weight excluding hydrogens is 977 g/mol. The molecule has 13 N–H and O–H groups in total. The molecule has 5 aliphatic carbocycles. The van der Waals surface area contributed by atoms with Crippen molar-refractivity contribution < 1.29 is 109 Å². The van der Waals surface area contributed by atoms with Crippen LogP contribution in [0, 0.1) is 50.2 Å². The molecule has 4 saturated heterocycles. The number of rotatable bonds is 11. The third-order valence-electron chi connectivity index (χ3n) is 20.6. The number of allylic oxidation sites excluding steroid dienone is 1. The Bertz CT molecular complexity index is 2020.